The minimum atomic E-state index is 0.585. The monoisotopic (exact) mass is 652 g/mol. The van der Waals surface area contributed by atoms with E-state index in [2.05, 4.69) is 84.9 Å². The fraction of sp³-hybridized carbons (Fsp3) is 0. The van der Waals surface area contributed by atoms with E-state index < -0.39 is 0 Å². The lowest BCUT2D eigenvalue weighted by atomic mass is 9.90. The van der Waals surface area contributed by atoms with Gasteiger partial charge in [0.05, 0.1) is 0 Å². The van der Waals surface area contributed by atoms with E-state index in [1.54, 1.807) is 0 Å². The number of fused-ring (bicyclic) bond motifs is 6. The first-order chi connectivity index (χ1) is 25.3. The summed E-state index contributed by atoms with van der Waals surface area (Å²) in [6, 6.07) is 56.5. The van der Waals surface area contributed by atoms with E-state index in [1.807, 2.05) is 85.1 Å². The second-order valence-electron chi connectivity index (χ2n) is 12.7. The quantitative estimate of drug-likeness (QED) is 0.173. The second-order valence-corrected chi connectivity index (χ2v) is 12.7. The molecule has 0 spiro atoms. The first-order valence-corrected chi connectivity index (χ1v) is 17.0. The molecule has 10 rings (SSSR count). The Bertz CT molecular complexity index is 2860. The topological polar surface area (TPSA) is 64.7 Å². The molecule has 51 heavy (non-hydrogen) atoms. The number of hydrogen-bond acceptors (Lipinski definition) is 5. The standard InChI is InChI=1S/C46H28N4O/c1-3-13-29(14-4-1)43-48-44(30-15-5-2-6-16-30)50-45(49-43)40-26-32(39-25-31-17-7-8-18-34(31)36-19-9-10-20-37(36)39)23-24-35(40)33-27-41-38-21-11-12-22-42(38)51-46(41)47-28-33/h1-28H. The molecule has 0 radical (unpaired) electrons. The summed E-state index contributed by atoms with van der Waals surface area (Å²) in [7, 11) is 0. The van der Waals surface area contributed by atoms with Crippen LogP contribution in [-0.2, 0) is 0 Å². The fourth-order valence-corrected chi connectivity index (χ4v) is 7.13. The van der Waals surface area contributed by atoms with Gasteiger partial charge in [-0.1, -0.05) is 140 Å². The van der Waals surface area contributed by atoms with Gasteiger partial charge in [0, 0.05) is 39.2 Å². The van der Waals surface area contributed by atoms with Crippen LogP contribution in [0.1, 0.15) is 0 Å². The molecule has 0 saturated carbocycles. The fourth-order valence-electron chi connectivity index (χ4n) is 7.13. The molecule has 0 aliphatic heterocycles. The van der Waals surface area contributed by atoms with Crippen LogP contribution in [0.3, 0.4) is 0 Å². The van der Waals surface area contributed by atoms with Gasteiger partial charge in [-0.2, -0.15) is 0 Å². The molecule has 7 aromatic carbocycles. The average molecular weight is 653 g/mol. The summed E-state index contributed by atoms with van der Waals surface area (Å²) in [6.45, 7) is 0. The van der Waals surface area contributed by atoms with E-state index in [-0.39, 0.29) is 0 Å². The van der Waals surface area contributed by atoms with Crippen LogP contribution in [0.5, 0.6) is 0 Å². The summed E-state index contributed by atoms with van der Waals surface area (Å²) in [5.41, 5.74) is 8.28. The zero-order chi connectivity index (χ0) is 33.7. The Balaban J connectivity index is 1.26. The van der Waals surface area contributed by atoms with Crippen molar-refractivity contribution in [1.82, 2.24) is 19.9 Å². The normalized spacial score (nSPS) is 11.5. The average Bonchev–Trinajstić information content (AvgIpc) is 3.59. The molecule has 3 heterocycles. The number of furan rings is 1. The molecule has 238 valence electrons. The molecule has 0 atom stereocenters. The van der Waals surface area contributed by atoms with Gasteiger partial charge in [-0.3, -0.25) is 0 Å². The van der Waals surface area contributed by atoms with Crippen molar-refractivity contribution in [3.8, 4) is 56.4 Å². The number of aromatic nitrogens is 4. The number of benzene rings is 7. The molecule has 0 aliphatic rings. The highest BCUT2D eigenvalue weighted by Crippen LogP contribution is 2.41. The van der Waals surface area contributed by atoms with Crippen molar-refractivity contribution in [2.45, 2.75) is 0 Å². The number of para-hydroxylation sites is 1. The summed E-state index contributed by atoms with van der Waals surface area (Å²) in [5.74, 6) is 1.81. The van der Waals surface area contributed by atoms with Gasteiger partial charge in [-0.05, 0) is 62.5 Å². The third-order valence-electron chi connectivity index (χ3n) is 9.58. The Morgan fingerprint density at radius 2 is 0.961 bits per heavy atom. The smallest absolute Gasteiger partial charge is 0.227 e. The van der Waals surface area contributed by atoms with Crippen molar-refractivity contribution in [2.24, 2.45) is 0 Å². The van der Waals surface area contributed by atoms with Crippen LogP contribution < -0.4 is 0 Å². The number of hydrogen-bond donors (Lipinski definition) is 0. The number of nitrogens with zero attached hydrogens (tertiary/aromatic N) is 4. The lowest BCUT2D eigenvalue weighted by Gasteiger charge is -2.16. The van der Waals surface area contributed by atoms with Crippen LogP contribution in [0.2, 0.25) is 0 Å². The summed E-state index contributed by atoms with van der Waals surface area (Å²) in [5, 5.41) is 6.82. The highest BCUT2D eigenvalue weighted by Gasteiger charge is 2.19. The Hall–Kier alpha value is -6.98. The highest BCUT2D eigenvalue weighted by atomic mass is 16.3. The van der Waals surface area contributed by atoms with Gasteiger partial charge in [-0.25, -0.2) is 19.9 Å². The van der Waals surface area contributed by atoms with Gasteiger partial charge in [-0.15, -0.1) is 0 Å². The molecule has 0 saturated heterocycles. The second kappa shape index (κ2) is 11.9. The van der Waals surface area contributed by atoms with Gasteiger partial charge in [0.2, 0.25) is 5.71 Å². The van der Waals surface area contributed by atoms with Crippen LogP contribution in [0.15, 0.2) is 174 Å². The van der Waals surface area contributed by atoms with Gasteiger partial charge in [0.15, 0.2) is 17.5 Å². The van der Waals surface area contributed by atoms with E-state index in [1.165, 1.54) is 21.5 Å². The van der Waals surface area contributed by atoms with Crippen LogP contribution in [-0.4, -0.2) is 19.9 Å². The van der Waals surface area contributed by atoms with Gasteiger partial charge < -0.3 is 4.42 Å². The third kappa shape index (κ3) is 5.03. The Labute approximate surface area is 293 Å². The Kier molecular flexibility index (Phi) is 6.74. The molecular weight excluding hydrogens is 625 g/mol. The molecule has 0 aliphatic carbocycles. The molecular formula is C46H28N4O. The van der Waals surface area contributed by atoms with E-state index in [9.17, 15) is 0 Å². The van der Waals surface area contributed by atoms with E-state index in [0.717, 1.165) is 55.3 Å². The van der Waals surface area contributed by atoms with Crippen molar-refractivity contribution in [3.05, 3.63) is 170 Å². The summed E-state index contributed by atoms with van der Waals surface area (Å²) < 4.78 is 6.10. The minimum absolute atomic E-state index is 0.585. The van der Waals surface area contributed by atoms with Crippen molar-refractivity contribution in [2.75, 3.05) is 0 Å². The van der Waals surface area contributed by atoms with Gasteiger partial charge in [0.1, 0.15) is 5.58 Å². The van der Waals surface area contributed by atoms with E-state index >= 15 is 0 Å². The summed E-state index contributed by atoms with van der Waals surface area (Å²) in [4.78, 5) is 20.1. The van der Waals surface area contributed by atoms with Crippen molar-refractivity contribution >= 4 is 43.6 Å². The molecule has 5 heteroatoms. The van der Waals surface area contributed by atoms with Crippen LogP contribution in [0.25, 0.3) is 100 Å². The van der Waals surface area contributed by atoms with Crippen molar-refractivity contribution < 1.29 is 4.42 Å². The minimum Gasteiger partial charge on any atom is -0.438 e. The van der Waals surface area contributed by atoms with E-state index in [4.69, 9.17) is 24.4 Å². The predicted octanol–water partition coefficient (Wildman–Crippen LogP) is 11.8. The maximum absolute atomic E-state index is 6.10. The maximum atomic E-state index is 6.10. The first kappa shape index (κ1) is 29.0. The van der Waals surface area contributed by atoms with Gasteiger partial charge in [0.25, 0.3) is 0 Å². The number of pyridine rings is 1. The molecule has 0 bridgehead atoms. The zero-order valence-corrected chi connectivity index (χ0v) is 27.4. The van der Waals surface area contributed by atoms with Crippen LogP contribution in [0.4, 0.5) is 0 Å². The highest BCUT2D eigenvalue weighted by molar-refractivity contribution is 6.14. The molecule has 0 N–H and O–H groups in total. The molecule has 0 unspecified atom stereocenters. The first-order valence-electron chi connectivity index (χ1n) is 17.0. The Morgan fingerprint density at radius 3 is 1.71 bits per heavy atom. The SMILES string of the molecule is c1ccc(-c2nc(-c3ccccc3)nc(-c3cc(-c4cc5ccccc5c5ccccc45)ccc3-c3cnc4oc5ccccc5c4c3)n2)cc1. The molecule has 0 amide bonds. The Morgan fingerprint density at radius 1 is 0.353 bits per heavy atom. The van der Waals surface area contributed by atoms with Crippen molar-refractivity contribution in [3.63, 3.8) is 0 Å². The van der Waals surface area contributed by atoms with Gasteiger partial charge >= 0.3 is 0 Å². The van der Waals surface area contributed by atoms with E-state index in [0.29, 0.717) is 23.2 Å². The predicted molar refractivity (Wildman–Crippen MR) is 207 cm³/mol. The molecule has 0 fully saturated rings. The molecule has 3 aromatic heterocycles. The maximum Gasteiger partial charge on any atom is 0.227 e. The number of rotatable bonds is 5. The largest absolute Gasteiger partial charge is 0.438 e. The third-order valence-corrected chi connectivity index (χ3v) is 9.58. The molecule has 10 aromatic rings. The summed E-state index contributed by atoms with van der Waals surface area (Å²) in [6.07, 6.45) is 1.88. The molecule has 5 nitrogen and oxygen atoms in total. The van der Waals surface area contributed by atoms with Crippen LogP contribution in [0, 0.1) is 0 Å². The van der Waals surface area contributed by atoms with Crippen molar-refractivity contribution in [1.29, 1.82) is 0 Å². The van der Waals surface area contributed by atoms with Crippen LogP contribution >= 0.6 is 0 Å². The zero-order valence-electron chi connectivity index (χ0n) is 27.4. The lowest BCUT2D eigenvalue weighted by molar-refractivity contribution is 0.654. The lowest BCUT2D eigenvalue weighted by Crippen LogP contribution is -2.01. The summed E-state index contributed by atoms with van der Waals surface area (Å²) >= 11 is 0.